The highest BCUT2D eigenvalue weighted by atomic mass is 16.2. The molecule has 0 aromatic heterocycles. The summed E-state index contributed by atoms with van der Waals surface area (Å²) in [6, 6.07) is 6.11. The Bertz CT molecular complexity index is 417. The molecule has 0 spiro atoms. The molecular weight excluding hydrogens is 232 g/mol. The number of nitrogens with one attached hydrogen (secondary N) is 2. The van der Waals surface area contributed by atoms with Crippen molar-refractivity contribution in [3.63, 3.8) is 0 Å². The lowest BCUT2D eigenvalue weighted by Crippen LogP contribution is -2.40. The van der Waals surface area contributed by atoms with Crippen molar-refractivity contribution in [1.29, 1.82) is 0 Å². The Kier molecular flexibility index (Phi) is 5.13. The maximum atomic E-state index is 11.7. The Labute approximate surface area is 106 Å². The van der Waals surface area contributed by atoms with Gasteiger partial charge in [-0.3, -0.25) is 4.79 Å². The summed E-state index contributed by atoms with van der Waals surface area (Å²) >= 11 is 0. The van der Waals surface area contributed by atoms with E-state index >= 15 is 0 Å². The largest absolute Gasteiger partial charge is 0.353 e. The zero-order chi connectivity index (χ0) is 13.5. The van der Waals surface area contributed by atoms with E-state index in [9.17, 15) is 9.59 Å². The molecule has 3 amide bonds. The molecule has 98 valence electrons. The van der Waals surface area contributed by atoms with Gasteiger partial charge >= 0.3 is 6.03 Å². The molecule has 0 radical (unpaired) electrons. The van der Waals surface area contributed by atoms with Gasteiger partial charge in [0.1, 0.15) is 6.04 Å². The van der Waals surface area contributed by atoms with E-state index in [0.29, 0.717) is 6.54 Å². The number of aryl methyl sites for hydroxylation is 1. The van der Waals surface area contributed by atoms with E-state index in [-0.39, 0.29) is 12.5 Å². The molecule has 1 aromatic rings. The summed E-state index contributed by atoms with van der Waals surface area (Å²) in [5.74, 6) is -0.287. The van der Waals surface area contributed by atoms with Gasteiger partial charge < -0.3 is 22.1 Å². The number of hydrogen-bond donors (Lipinski definition) is 4. The molecule has 0 aliphatic heterocycles. The standard InChI is InChI=1S/C12H18N4O2/c1-8-2-4-9(5-3-8)10(13)11(17)15-6-7-16-12(14)18/h2-5,10H,6-7,13H2,1H3,(H,15,17)(H3,14,16,18). The van der Waals surface area contributed by atoms with Gasteiger partial charge in [0.15, 0.2) is 0 Å². The number of hydrogen-bond acceptors (Lipinski definition) is 3. The van der Waals surface area contributed by atoms with Crippen molar-refractivity contribution in [2.24, 2.45) is 11.5 Å². The van der Waals surface area contributed by atoms with E-state index in [1.807, 2.05) is 31.2 Å². The fraction of sp³-hybridized carbons (Fsp3) is 0.333. The fourth-order valence-electron chi connectivity index (χ4n) is 1.41. The van der Waals surface area contributed by atoms with E-state index in [0.717, 1.165) is 11.1 Å². The van der Waals surface area contributed by atoms with Crippen molar-refractivity contribution in [2.45, 2.75) is 13.0 Å². The van der Waals surface area contributed by atoms with Gasteiger partial charge in [0.2, 0.25) is 5.91 Å². The zero-order valence-electron chi connectivity index (χ0n) is 10.3. The molecule has 0 heterocycles. The highest BCUT2D eigenvalue weighted by Gasteiger charge is 2.14. The van der Waals surface area contributed by atoms with Gasteiger partial charge in [-0.05, 0) is 12.5 Å². The molecule has 0 saturated carbocycles. The Morgan fingerprint density at radius 2 is 1.72 bits per heavy atom. The first-order valence-electron chi connectivity index (χ1n) is 5.64. The average Bonchev–Trinajstić information content (AvgIpc) is 2.34. The molecule has 6 heteroatoms. The lowest BCUT2D eigenvalue weighted by molar-refractivity contribution is -0.122. The van der Waals surface area contributed by atoms with Gasteiger partial charge in [-0.25, -0.2) is 4.79 Å². The molecule has 0 saturated heterocycles. The van der Waals surface area contributed by atoms with E-state index in [4.69, 9.17) is 11.5 Å². The SMILES string of the molecule is Cc1ccc(C(N)C(=O)NCCNC(N)=O)cc1. The van der Waals surface area contributed by atoms with Crippen LogP contribution in [0.1, 0.15) is 17.2 Å². The van der Waals surface area contributed by atoms with Crippen LogP contribution in [0.15, 0.2) is 24.3 Å². The molecule has 1 atom stereocenters. The van der Waals surface area contributed by atoms with Crippen LogP contribution in [0.4, 0.5) is 4.79 Å². The first kappa shape index (κ1) is 14.0. The second-order valence-electron chi connectivity index (χ2n) is 3.97. The third-order valence-corrected chi connectivity index (χ3v) is 2.44. The number of rotatable bonds is 5. The molecule has 0 aliphatic rings. The van der Waals surface area contributed by atoms with Crippen LogP contribution < -0.4 is 22.1 Å². The van der Waals surface area contributed by atoms with Crippen molar-refractivity contribution < 1.29 is 9.59 Å². The van der Waals surface area contributed by atoms with Crippen LogP contribution in [-0.2, 0) is 4.79 Å². The predicted molar refractivity (Wildman–Crippen MR) is 68.7 cm³/mol. The summed E-state index contributed by atoms with van der Waals surface area (Å²) in [6.45, 7) is 2.54. The smallest absolute Gasteiger partial charge is 0.312 e. The van der Waals surface area contributed by atoms with Crippen molar-refractivity contribution in [1.82, 2.24) is 10.6 Å². The van der Waals surface area contributed by atoms with Gasteiger partial charge in [-0.1, -0.05) is 29.8 Å². The summed E-state index contributed by atoms with van der Waals surface area (Å²) in [7, 11) is 0. The summed E-state index contributed by atoms with van der Waals surface area (Å²) < 4.78 is 0. The number of amides is 3. The fourth-order valence-corrected chi connectivity index (χ4v) is 1.41. The monoisotopic (exact) mass is 250 g/mol. The molecule has 6 nitrogen and oxygen atoms in total. The van der Waals surface area contributed by atoms with Gasteiger partial charge in [0.05, 0.1) is 0 Å². The number of carbonyl (C=O) groups is 2. The second kappa shape index (κ2) is 6.61. The van der Waals surface area contributed by atoms with E-state index in [2.05, 4.69) is 10.6 Å². The molecular formula is C12H18N4O2. The molecule has 1 rings (SSSR count). The van der Waals surface area contributed by atoms with E-state index in [1.54, 1.807) is 0 Å². The van der Waals surface area contributed by atoms with Gasteiger partial charge in [-0.2, -0.15) is 0 Å². The van der Waals surface area contributed by atoms with Gasteiger partial charge in [0, 0.05) is 13.1 Å². The van der Waals surface area contributed by atoms with Crippen LogP contribution >= 0.6 is 0 Å². The van der Waals surface area contributed by atoms with Crippen molar-refractivity contribution in [2.75, 3.05) is 13.1 Å². The normalized spacial score (nSPS) is 11.7. The van der Waals surface area contributed by atoms with E-state index in [1.165, 1.54) is 0 Å². The zero-order valence-corrected chi connectivity index (χ0v) is 10.3. The van der Waals surface area contributed by atoms with Crippen LogP contribution in [0.25, 0.3) is 0 Å². The molecule has 0 bridgehead atoms. The Hall–Kier alpha value is -2.08. The lowest BCUT2D eigenvalue weighted by atomic mass is 10.1. The first-order chi connectivity index (χ1) is 8.50. The van der Waals surface area contributed by atoms with Crippen molar-refractivity contribution in [3.8, 4) is 0 Å². The van der Waals surface area contributed by atoms with Crippen molar-refractivity contribution in [3.05, 3.63) is 35.4 Å². The van der Waals surface area contributed by atoms with Gasteiger partial charge in [0.25, 0.3) is 0 Å². The number of primary amides is 1. The van der Waals surface area contributed by atoms with Crippen molar-refractivity contribution >= 4 is 11.9 Å². The summed E-state index contributed by atoms with van der Waals surface area (Å²) in [5.41, 5.74) is 12.6. The third-order valence-electron chi connectivity index (χ3n) is 2.44. The number of nitrogens with two attached hydrogens (primary N) is 2. The van der Waals surface area contributed by atoms with Crippen LogP contribution in [0.3, 0.4) is 0 Å². The summed E-state index contributed by atoms with van der Waals surface area (Å²) in [4.78, 5) is 22.1. The van der Waals surface area contributed by atoms with Crippen LogP contribution in [0.5, 0.6) is 0 Å². The van der Waals surface area contributed by atoms with Crippen LogP contribution in [0.2, 0.25) is 0 Å². The maximum Gasteiger partial charge on any atom is 0.312 e. The predicted octanol–water partition coefficient (Wildman–Crippen LogP) is -0.221. The Balaban J connectivity index is 2.41. The first-order valence-corrected chi connectivity index (χ1v) is 5.64. The maximum absolute atomic E-state index is 11.7. The quantitative estimate of drug-likeness (QED) is 0.542. The summed E-state index contributed by atoms with van der Waals surface area (Å²) in [5, 5.41) is 4.99. The molecule has 0 fully saturated rings. The number of carbonyl (C=O) groups excluding carboxylic acids is 2. The molecule has 1 unspecified atom stereocenters. The van der Waals surface area contributed by atoms with E-state index < -0.39 is 12.1 Å². The highest BCUT2D eigenvalue weighted by Crippen LogP contribution is 2.11. The minimum absolute atomic E-state index is 0.279. The summed E-state index contributed by atoms with van der Waals surface area (Å²) in [6.07, 6.45) is 0. The Morgan fingerprint density at radius 3 is 2.28 bits per heavy atom. The second-order valence-corrected chi connectivity index (χ2v) is 3.97. The minimum atomic E-state index is -0.709. The molecule has 18 heavy (non-hydrogen) atoms. The topological polar surface area (TPSA) is 110 Å². The average molecular weight is 250 g/mol. The molecule has 1 aromatic carbocycles. The minimum Gasteiger partial charge on any atom is -0.353 e. The van der Waals surface area contributed by atoms with Gasteiger partial charge in [-0.15, -0.1) is 0 Å². The van der Waals surface area contributed by atoms with Crippen LogP contribution in [0, 0.1) is 6.92 Å². The van der Waals surface area contributed by atoms with Crippen LogP contribution in [-0.4, -0.2) is 25.0 Å². The third kappa shape index (κ3) is 4.42. The lowest BCUT2D eigenvalue weighted by Gasteiger charge is -2.12. The molecule has 6 N–H and O–H groups in total. The number of benzene rings is 1. The number of urea groups is 1. The molecule has 0 aliphatic carbocycles. The Morgan fingerprint density at radius 1 is 1.17 bits per heavy atom. The highest BCUT2D eigenvalue weighted by molar-refractivity contribution is 5.83.